The van der Waals surface area contributed by atoms with Crippen LogP contribution >= 0.6 is 0 Å². The molecule has 2 heterocycles. The van der Waals surface area contributed by atoms with E-state index in [2.05, 4.69) is 12.2 Å². The summed E-state index contributed by atoms with van der Waals surface area (Å²) >= 11 is 0. The smallest absolute Gasteiger partial charge is 0.168 e. The van der Waals surface area contributed by atoms with Gasteiger partial charge in [0.15, 0.2) is 12.1 Å². The zero-order valence-corrected chi connectivity index (χ0v) is 7.76. The maximum absolute atomic E-state index is 12.0. The van der Waals surface area contributed by atoms with E-state index >= 15 is 0 Å². The highest BCUT2D eigenvalue weighted by Gasteiger charge is 2.59. The van der Waals surface area contributed by atoms with Gasteiger partial charge in [0, 0.05) is 11.8 Å². The van der Waals surface area contributed by atoms with Crippen molar-refractivity contribution in [3.05, 3.63) is 12.2 Å². The molecule has 0 aromatic heterocycles. The average molecular weight is 192 g/mol. The molecule has 4 bridgehead atoms. The molecule has 0 radical (unpaired) electrons. The highest BCUT2D eigenvalue weighted by molar-refractivity contribution is 5.88. The van der Waals surface area contributed by atoms with Crippen molar-refractivity contribution in [3.8, 4) is 0 Å². The molecule has 2 aliphatic heterocycles. The number of fused-ring (bicyclic) bond motifs is 8. The third kappa shape index (κ3) is 0.708. The van der Waals surface area contributed by atoms with E-state index in [1.165, 1.54) is 0 Å². The summed E-state index contributed by atoms with van der Waals surface area (Å²) in [5.41, 5.74) is 0. The lowest BCUT2D eigenvalue weighted by molar-refractivity contribution is -0.166. The van der Waals surface area contributed by atoms with Gasteiger partial charge in [-0.3, -0.25) is 4.79 Å². The quantitative estimate of drug-likeness (QED) is 0.531. The minimum absolute atomic E-state index is 0.0948. The van der Waals surface area contributed by atoms with E-state index in [9.17, 15) is 4.79 Å². The first kappa shape index (κ1) is 7.60. The molecule has 0 aromatic rings. The predicted molar refractivity (Wildman–Crippen MR) is 47.3 cm³/mol. The van der Waals surface area contributed by atoms with Crippen molar-refractivity contribution in [1.82, 2.24) is 0 Å². The molecule has 74 valence electrons. The van der Waals surface area contributed by atoms with Crippen LogP contribution < -0.4 is 0 Å². The number of ether oxygens (including phenoxy) is 2. The molecule has 14 heavy (non-hydrogen) atoms. The predicted octanol–water partition coefficient (Wildman–Crippen LogP) is 0.749. The Bertz CT molecular complexity index is 335. The normalized spacial score (nSPS) is 58.1. The van der Waals surface area contributed by atoms with Crippen LogP contribution in [0.1, 0.15) is 6.42 Å². The number of carbonyl (C=O) groups is 1. The van der Waals surface area contributed by atoms with E-state index in [1.54, 1.807) is 0 Å². The summed E-state index contributed by atoms with van der Waals surface area (Å²) in [4.78, 5) is 12.0. The van der Waals surface area contributed by atoms with Gasteiger partial charge in [-0.2, -0.15) is 0 Å². The Morgan fingerprint density at radius 2 is 2.14 bits per heavy atom. The molecule has 3 heteroatoms. The van der Waals surface area contributed by atoms with Crippen LogP contribution in [0.25, 0.3) is 0 Å². The molecule has 3 nitrogen and oxygen atoms in total. The van der Waals surface area contributed by atoms with Crippen LogP contribution in [-0.2, 0) is 14.3 Å². The minimum Gasteiger partial charge on any atom is -0.349 e. The zero-order valence-electron chi connectivity index (χ0n) is 7.76. The van der Waals surface area contributed by atoms with Gasteiger partial charge >= 0.3 is 0 Å². The lowest BCUT2D eigenvalue weighted by atomic mass is 9.77. The zero-order chi connectivity index (χ0) is 9.28. The van der Waals surface area contributed by atoms with E-state index in [1.807, 2.05) is 0 Å². The van der Waals surface area contributed by atoms with Crippen LogP contribution in [0.5, 0.6) is 0 Å². The van der Waals surface area contributed by atoms with Gasteiger partial charge in [0.05, 0.1) is 6.61 Å². The molecule has 4 aliphatic rings. The van der Waals surface area contributed by atoms with Gasteiger partial charge in [0.2, 0.25) is 0 Å². The third-order valence-corrected chi connectivity index (χ3v) is 4.19. The van der Waals surface area contributed by atoms with Crippen LogP contribution in [0.2, 0.25) is 0 Å². The molecular weight excluding hydrogens is 180 g/mol. The van der Waals surface area contributed by atoms with E-state index in [-0.39, 0.29) is 18.3 Å². The van der Waals surface area contributed by atoms with Crippen molar-refractivity contribution in [2.75, 3.05) is 6.61 Å². The second kappa shape index (κ2) is 2.28. The maximum Gasteiger partial charge on any atom is 0.168 e. The molecule has 0 amide bonds. The molecule has 0 spiro atoms. The summed E-state index contributed by atoms with van der Waals surface area (Å²) in [6, 6.07) is 0. The standard InChI is InChI=1S/C11H12O3/c12-10-7-4-13-11(14-7)9-6-2-1-5(3-6)8(9)10/h1-2,5-9,11H,3-4H2/t5-,6+,7+,8-,9+,11+/m0/s1. The van der Waals surface area contributed by atoms with E-state index in [4.69, 9.17) is 9.47 Å². The van der Waals surface area contributed by atoms with Gasteiger partial charge in [-0.05, 0) is 18.3 Å². The Morgan fingerprint density at radius 3 is 3.07 bits per heavy atom. The van der Waals surface area contributed by atoms with Crippen molar-refractivity contribution >= 4 is 5.78 Å². The van der Waals surface area contributed by atoms with Gasteiger partial charge in [-0.15, -0.1) is 0 Å². The Hall–Kier alpha value is -0.670. The molecular formula is C11H12O3. The first-order valence-electron chi connectivity index (χ1n) is 5.34. The van der Waals surface area contributed by atoms with Crippen molar-refractivity contribution in [2.45, 2.75) is 18.8 Å². The number of hydrogen-bond acceptors (Lipinski definition) is 3. The highest BCUT2D eigenvalue weighted by Crippen LogP contribution is 2.54. The van der Waals surface area contributed by atoms with E-state index in [0.717, 1.165) is 6.42 Å². The van der Waals surface area contributed by atoms with Gasteiger partial charge in [-0.1, -0.05) is 12.2 Å². The molecule has 0 aromatic carbocycles. The van der Waals surface area contributed by atoms with Crippen molar-refractivity contribution in [3.63, 3.8) is 0 Å². The summed E-state index contributed by atoms with van der Waals surface area (Å²) < 4.78 is 11.1. The maximum atomic E-state index is 12.0. The fraction of sp³-hybridized carbons (Fsp3) is 0.727. The first-order valence-corrected chi connectivity index (χ1v) is 5.34. The van der Waals surface area contributed by atoms with Gasteiger partial charge in [-0.25, -0.2) is 0 Å². The van der Waals surface area contributed by atoms with Gasteiger partial charge < -0.3 is 9.47 Å². The topological polar surface area (TPSA) is 35.5 Å². The van der Waals surface area contributed by atoms with Crippen molar-refractivity contribution in [1.29, 1.82) is 0 Å². The lowest BCUT2D eigenvalue weighted by Gasteiger charge is -2.34. The number of Topliss-reactive ketones (excluding diaryl/α,β-unsaturated/α-hetero) is 1. The number of rotatable bonds is 0. The Balaban J connectivity index is 1.81. The molecule has 3 fully saturated rings. The van der Waals surface area contributed by atoms with E-state index in [0.29, 0.717) is 30.1 Å². The Morgan fingerprint density at radius 1 is 1.29 bits per heavy atom. The van der Waals surface area contributed by atoms with E-state index < -0.39 is 0 Å². The summed E-state index contributed by atoms with van der Waals surface area (Å²) in [5.74, 6) is 1.82. The average Bonchev–Trinajstić information content (AvgIpc) is 2.89. The van der Waals surface area contributed by atoms with Gasteiger partial charge in [0.1, 0.15) is 6.10 Å². The van der Waals surface area contributed by atoms with Gasteiger partial charge in [0.25, 0.3) is 0 Å². The second-order valence-electron chi connectivity index (χ2n) is 4.78. The van der Waals surface area contributed by atoms with Crippen molar-refractivity contribution < 1.29 is 14.3 Å². The molecule has 1 saturated carbocycles. The number of carbonyl (C=O) groups excluding carboxylic acids is 1. The minimum atomic E-state index is -0.256. The second-order valence-corrected chi connectivity index (χ2v) is 4.78. The summed E-state index contributed by atoms with van der Waals surface area (Å²) in [7, 11) is 0. The lowest BCUT2D eigenvalue weighted by Crippen LogP contribution is -2.45. The first-order chi connectivity index (χ1) is 6.84. The fourth-order valence-corrected chi connectivity index (χ4v) is 3.62. The van der Waals surface area contributed by atoms with Crippen LogP contribution in [0, 0.1) is 23.7 Å². The SMILES string of the molecule is O=C1[C@@H]2[C@H]([C@@H]3OC[C@H]1O3)[C@@H]1C=C[C@H]2C1. The van der Waals surface area contributed by atoms with Crippen LogP contribution in [0.4, 0.5) is 0 Å². The molecule has 2 aliphatic carbocycles. The Labute approximate surface area is 82.1 Å². The molecule has 6 atom stereocenters. The number of hydrogen-bond donors (Lipinski definition) is 0. The number of ketones is 1. The molecule has 0 N–H and O–H groups in total. The fourth-order valence-electron chi connectivity index (χ4n) is 3.62. The van der Waals surface area contributed by atoms with Crippen LogP contribution in [0.15, 0.2) is 12.2 Å². The van der Waals surface area contributed by atoms with Crippen LogP contribution in [0.3, 0.4) is 0 Å². The summed E-state index contributed by atoms with van der Waals surface area (Å²) in [6.07, 6.45) is 5.24. The van der Waals surface area contributed by atoms with Crippen molar-refractivity contribution in [2.24, 2.45) is 23.7 Å². The third-order valence-electron chi connectivity index (χ3n) is 4.19. The highest BCUT2D eigenvalue weighted by atomic mass is 16.7. The summed E-state index contributed by atoms with van der Waals surface area (Å²) in [6.45, 7) is 0.482. The number of allylic oxidation sites excluding steroid dienone is 2. The Kier molecular flexibility index (Phi) is 1.24. The molecule has 4 rings (SSSR count). The monoisotopic (exact) mass is 192 g/mol. The van der Waals surface area contributed by atoms with Crippen LogP contribution in [-0.4, -0.2) is 24.8 Å². The summed E-state index contributed by atoms with van der Waals surface area (Å²) in [5, 5.41) is 0. The largest absolute Gasteiger partial charge is 0.349 e. The molecule has 0 unspecified atom stereocenters. The molecule has 2 saturated heterocycles.